The van der Waals surface area contributed by atoms with Gasteiger partial charge < -0.3 is 14.8 Å². The van der Waals surface area contributed by atoms with E-state index in [0.29, 0.717) is 11.4 Å². The van der Waals surface area contributed by atoms with E-state index in [1.54, 1.807) is 6.07 Å². The van der Waals surface area contributed by atoms with Crippen LogP contribution in [0.2, 0.25) is 0 Å². The molecule has 0 aliphatic carbocycles. The highest BCUT2D eigenvalue weighted by atomic mass is 16.5. The fourth-order valence-corrected chi connectivity index (χ4v) is 1.73. The van der Waals surface area contributed by atoms with Crippen LogP contribution in [0.3, 0.4) is 0 Å². The van der Waals surface area contributed by atoms with E-state index in [4.69, 9.17) is 0 Å². The first-order valence-corrected chi connectivity index (χ1v) is 5.43. The monoisotopic (exact) mass is 242 g/mol. The zero-order valence-electron chi connectivity index (χ0n) is 9.38. The Morgan fingerprint density at radius 1 is 1.39 bits per heavy atom. The maximum atomic E-state index is 11.9. The zero-order chi connectivity index (χ0) is 12.4. The Hall–Kier alpha value is -2.63. The van der Waals surface area contributed by atoms with Gasteiger partial charge in [-0.3, -0.25) is 4.79 Å². The normalized spacial score (nSPS) is 10.7. The average molecular weight is 242 g/mol. The Balaban J connectivity index is 1.75. The fourth-order valence-electron chi connectivity index (χ4n) is 1.73. The summed E-state index contributed by atoms with van der Waals surface area (Å²) in [5.41, 5.74) is 1.61. The van der Waals surface area contributed by atoms with Crippen molar-refractivity contribution < 1.29 is 9.32 Å². The zero-order valence-corrected chi connectivity index (χ0v) is 9.38. The molecule has 0 saturated heterocycles. The smallest absolute Gasteiger partial charge is 0.251 e. The predicted octanol–water partition coefficient (Wildman–Crippen LogP) is 1.48. The lowest BCUT2D eigenvalue weighted by Gasteiger charge is -2.02. The molecule has 0 saturated carbocycles. The van der Waals surface area contributed by atoms with E-state index < -0.39 is 0 Å². The van der Waals surface area contributed by atoms with Gasteiger partial charge in [0.05, 0.1) is 6.54 Å². The number of amides is 1. The number of fused-ring (bicyclic) bond motifs is 1. The summed E-state index contributed by atoms with van der Waals surface area (Å²) in [6, 6.07) is 7.39. The van der Waals surface area contributed by atoms with Crippen LogP contribution in [-0.2, 0) is 6.54 Å². The lowest BCUT2D eigenvalue weighted by molar-refractivity contribution is 0.0950. The van der Waals surface area contributed by atoms with Crippen molar-refractivity contribution in [1.82, 2.24) is 20.4 Å². The maximum absolute atomic E-state index is 11.9. The molecule has 0 unspecified atom stereocenters. The third kappa shape index (κ3) is 1.95. The first kappa shape index (κ1) is 10.5. The molecule has 6 heteroatoms. The summed E-state index contributed by atoms with van der Waals surface area (Å²) < 4.78 is 4.58. The Kier molecular flexibility index (Phi) is 2.53. The standard InChI is InChI=1S/C12H10N4O2/c17-12(14-6-11-15-7-18-16-11)9-1-2-10-8(5-9)3-4-13-10/h1-5,7,13H,6H2,(H,14,17). The molecule has 90 valence electrons. The van der Waals surface area contributed by atoms with Gasteiger partial charge in [0.25, 0.3) is 5.91 Å². The highest BCUT2D eigenvalue weighted by Gasteiger charge is 2.07. The number of benzene rings is 1. The van der Waals surface area contributed by atoms with Crippen LogP contribution in [-0.4, -0.2) is 21.0 Å². The highest BCUT2D eigenvalue weighted by Crippen LogP contribution is 2.14. The van der Waals surface area contributed by atoms with E-state index >= 15 is 0 Å². The van der Waals surface area contributed by atoms with Gasteiger partial charge in [-0.1, -0.05) is 5.16 Å². The number of aromatic nitrogens is 3. The van der Waals surface area contributed by atoms with Crippen LogP contribution in [0.5, 0.6) is 0 Å². The molecule has 18 heavy (non-hydrogen) atoms. The maximum Gasteiger partial charge on any atom is 0.251 e. The third-order valence-corrected chi connectivity index (χ3v) is 2.63. The van der Waals surface area contributed by atoms with E-state index in [1.165, 1.54) is 6.39 Å². The third-order valence-electron chi connectivity index (χ3n) is 2.63. The van der Waals surface area contributed by atoms with Gasteiger partial charge in [0.1, 0.15) is 0 Å². The molecular formula is C12H10N4O2. The highest BCUT2D eigenvalue weighted by molar-refractivity contribution is 5.97. The minimum atomic E-state index is -0.164. The number of nitrogens with zero attached hydrogens (tertiary/aromatic N) is 2. The number of aromatic amines is 1. The van der Waals surface area contributed by atoms with E-state index in [2.05, 4.69) is 25.0 Å². The lowest BCUT2D eigenvalue weighted by atomic mass is 10.1. The fraction of sp³-hybridized carbons (Fsp3) is 0.0833. The number of hydrogen-bond donors (Lipinski definition) is 2. The van der Waals surface area contributed by atoms with Gasteiger partial charge in [-0.15, -0.1) is 0 Å². The number of H-pyrrole nitrogens is 1. The largest absolute Gasteiger partial charge is 0.361 e. The molecule has 0 bridgehead atoms. The van der Waals surface area contributed by atoms with Crippen LogP contribution >= 0.6 is 0 Å². The Morgan fingerprint density at radius 2 is 2.33 bits per heavy atom. The summed E-state index contributed by atoms with van der Waals surface area (Å²) in [4.78, 5) is 18.8. The van der Waals surface area contributed by atoms with Crippen molar-refractivity contribution in [3.05, 3.63) is 48.2 Å². The Morgan fingerprint density at radius 3 is 3.17 bits per heavy atom. The number of nitrogens with one attached hydrogen (secondary N) is 2. The van der Waals surface area contributed by atoms with Crippen molar-refractivity contribution in [1.29, 1.82) is 0 Å². The van der Waals surface area contributed by atoms with E-state index in [0.717, 1.165) is 10.9 Å². The summed E-state index contributed by atoms with van der Waals surface area (Å²) in [5, 5.41) is 7.34. The van der Waals surface area contributed by atoms with Crippen LogP contribution in [0.1, 0.15) is 16.2 Å². The average Bonchev–Trinajstić information content (AvgIpc) is 3.05. The molecule has 0 aliphatic rings. The first-order chi connectivity index (χ1) is 8.83. The molecular weight excluding hydrogens is 232 g/mol. The van der Waals surface area contributed by atoms with E-state index in [1.807, 2.05) is 24.4 Å². The molecule has 3 rings (SSSR count). The van der Waals surface area contributed by atoms with Crippen molar-refractivity contribution in [2.75, 3.05) is 0 Å². The molecule has 0 fully saturated rings. The molecule has 2 heterocycles. The molecule has 6 nitrogen and oxygen atoms in total. The molecule has 1 amide bonds. The van der Waals surface area contributed by atoms with Gasteiger partial charge in [-0.25, -0.2) is 0 Å². The number of hydrogen-bond acceptors (Lipinski definition) is 4. The van der Waals surface area contributed by atoms with Crippen molar-refractivity contribution in [2.45, 2.75) is 6.54 Å². The van der Waals surface area contributed by atoms with Crippen molar-refractivity contribution in [2.24, 2.45) is 0 Å². The lowest BCUT2D eigenvalue weighted by Crippen LogP contribution is -2.23. The molecule has 0 radical (unpaired) electrons. The Labute approximate surface area is 102 Å². The molecule has 0 aliphatic heterocycles. The van der Waals surface area contributed by atoms with Crippen LogP contribution in [0.15, 0.2) is 41.4 Å². The molecule has 3 aromatic rings. The Bertz CT molecular complexity index is 672. The molecule has 2 N–H and O–H groups in total. The van der Waals surface area contributed by atoms with Crippen LogP contribution in [0.25, 0.3) is 10.9 Å². The second-order valence-electron chi connectivity index (χ2n) is 3.81. The second-order valence-corrected chi connectivity index (χ2v) is 3.81. The van der Waals surface area contributed by atoms with Crippen LogP contribution < -0.4 is 5.32 Å². The predicted molar refractivity (Wildman–Crippen MR) is 63.8 cm³/mol. The van der Waals surface area contributed by atoms with Gasteiger partial charge >= 0.3 is 0 Å². The van der Waals surface area contributed by atoms with Crippen LogP contribution in [0.4, 0.5) is 0 Å². The summed E-state index contributed by atoms with van der Waals surface area (Å²) in [5.74, 6) is 0.286. The molecule has 1 aromatic carbocycles. The van der Waals surface area contributed by atoms with Crippen molar-refractivity contribution in [3.8, 4) is 0 Å². The topological polar surface area (TPSA) is 83.8 Å². The minimum absolute atomic E-state index is 0.164. The first-order valence-electron chi connectivity index (χ1n) is 5.43. The number of carbonyl (C=O) groups is 1. The molecule has 0 atom stereocenters. The van der Waals surface area contributed by atoms with E-state index in [9.17, 15) is 4.79 Å². The minimum Gasteiger partial charge on any atom is -0.361 e. The van der Waals surface area contributed by atoms with Gasteiger partial charge in [-0.2, -0.15) is 4.98 Å². The summed E-state index contributed by atoms with van der Waals surface area (Å²) >= 11 is 0. The van der Waals surface area contributed by atoms with Gasteiger partial charge in [0, 0.05) is 22.7 Å². The molecule has 2 aromatic heterocycles. The quantitative estimate of drug-likeness (QED) is 0.728. The number of rotatable bonds is 3. The van der Waals surface area contributed by atoms with Gasteiger partial charge in [0.15, 0.2) is 5.82 Å². The SMILES string of the molecule is O=C(NCc1ncon1)c1ccc2[nH]ccc2c1. The molecule has 0 spiro atoms. The summed E-state index contributed by atoms with van der Waals surface area (Å²) in [6.45, 7) is 0.251. The van der Waals surface area contributed by atoms with Gasteiger partial charge in [0.2, 0.25) is 6.39 Å². The number of carbonyl (C=O) groups excluding carboxylic acids is 1. The summed E-state index contributed by atoms with van der Waals surface area (Å²) in [6.07, 6.45) is 3.07. The van der Waals surface area contributed by atoms with Crippen molar-refractivity contribution >= 4 is 16.8 Å². The van der Waals surface area contributed by atoms with Gasteiger partial charge in [-0.05, 0) is 24.3 Å². The van der Waals surface area contributed by atoms with Crippen LogP contribution in [0, 0.1) is 0 Å². The summed E-state index contributed by atoms with van der Waals surface area (Å²) in [7, 11) is 0. The van der Waals surface area contributed by atoms with Crippen molar-refractivity contribution in [3.63, 3.8) is 0 Å². The second kappa shape index (κ2) is 4.33. The van der Waals surface area contributed by atoms with E-state index in [-0.39, 0.29) is 12.5 Å².